The highest BCUT2D eigenvalue weighted by Crippen LogP contribution is 2.23. The molecule has 0 spiro atoms. The van der Waals surface area contributed by atoms with Crippen LogP contribution in [0.25, 0.3) is 0 Å². The molecule has 6 nitrogen and oxygen atoms in total. The van der Waals surface area contributed by atoms with E-state index in [2.05, 4.69) is 10.6 Å². The van der Waals surface area contributed by atoms with Crippen LogP contribution in [0.3, 0.4) is 0 Å². The molecule has 1 aromatic carbocycles. The molecular formula is C18H25ClN2O4. The van der Waals surface area contributed by atoms with Crippen molar-refractivity contribution in [1.82, 2.24) is 5.32 Å². The van der Waals surface area contributed by atoms with Gasteiger partial charge < -0.3 is 15.7 Å². The topological polar surface area (TPSA) is 95.5 Å². The molecule has 0 aliphatic rings. The van der Waals surface area contributed by atoms with Crippen molar-refractivity contribution in [2.75, 3.05) is 5.32 Å². The van der Waals surface area contributed by atoms with E-state index >= 15 is 0 Å². The van der Waals surface area contributed by atoms with Crippen LogP contribution in [-0.2, 0) is 9.59 Å². The highest BCUT2D eigenvalue weighted by Gasteiger charge is 2.25. The normalized spacial score (nSPS) is 12.6. The van der Waals surface area contributed by atoms with E-state index in [1.807, 2.05) is 20.8 Å². The van der Waals surface area contributed by atoms with Crippen molar-refractivity contribution in [3.63, 3.8) is 0 Å². The summed E-state index contributed by atoms with van der Waals surface area (Å²) < 4.78 is 0. The average molecular weight is 369 g/mol. The first-order chi connectivity index (χ1) is 11.4. The van der Waals surface area contributed by atoms with Gasteiger partial charge in [0.2, 0.25) is 5.91 Å². The van der Waals surface area contributed by atoms with Crippen molar-refractivity contribution in [2.24, 2.45) is 11.3 Å². The predicted molar refractivity (Wildman–Crippen MR) is 97.9 cm³/mol. The summed E-state index contributed by atoms with van der Waals surface area (Å²) in [6.45, 7) is 9.25. The average Bonchev–Trinajstić information content (AvgIpc) is 2.43. The maximum atomic E-state index is 12.4. The van der Waals surface area contributed by atoms with Gasteiger partial charge in [0.1, 0.15) is 6.04 Å². The number of carboxylic acids is 1. The summed E-state index contributed by atoms with van der Waals surface area (Å²) >= 11 is 6.06. The Kier molecular flexibility index (Phi) is 6.99. The Morgan fingerprint density at radius 3 is 2.28 bits per heavy atom. The number of aliphatic carboxylic acids is 1. The lowest BCUT2D eigenvalue weighted by atomic mass is 9.92. The Morgan fingerprint density at radius 1 is 1.20 bits per heavy atom. The van der Waals surface area contributed by atoms with Crippen LogP contribution in [0.15, 0.2) is 18.2 Å². The van der Waals surface area contributed by atoms with Crippen molar-refractivity contribution >= 4 is 35.1 Å². The van der Waals surface area contributed by atoms with Crippen molar-refractivity contribution < 1.29 is 19.5 Å². The van der Waals surface area contributed by atoms with Crippen LogP contribution < -0.4 is 10.6 Å². The third-order valence-electron chi connectivity index (χ3n) is 3.40. The number of hydrogen-bond acceptors (Lipinski definition) is 3. The molecule has 7 heteroatoms. The number of halogens is 1. The smallest absolute Gasteiger partial charge is 0.326 e. The molecule has 0 heterocycles. The lowest BCUT2D eigenvalue weighted by molar-refractivity contribution is -0.140. The molecule has 138 valence electrons. The maximum Gasteiger partial charge on any atom is 0.326 e. The third-order valence-corrected chi connectivity index (χ3v) is 3.73. The number of benzene rings is 1. The maximum absolute atomic E-state index is 12.4. The van der Waals surface area contributed by atoms with Crippen molar-refractivity contribution in [1.29, 1.82) is 0 Å². The van der Waals surface area contributed by atoms with Gasteiger partial charge in [-0.1, -0.05) is 46.2 Å². The molecule has 0 saturated carbocycles. The zero-order chi connectivity index (χ0) is 19.4. The van der Waals surface area contributed by atoms with Gasteiger partial charge in [0.15, 0.2) is 0 Å². The van der Waals surface area contributed by atoms with E-state index in [0.717, 1.165) is 0 Å². The van der Waals surface area contributed by atoms with E-state index in [1.165, 1.54) is 12.1 Å². The minimum absolute atomic E-state index is 0.113. The Hall–Kier alpha value is -2.08. The number of rotatable bonds is 6. The first-order valence-corrected chi connectivity index (χ1v) is 8.41. The number of amides is 2. The minimum Gasteiger partial charge on any atom is -0.480 e. The summed E-state index contributed by atoms with van der Waals surface area (Å²) in [5, 5.41) is 14.5. The van der Waals surface area contributed by atoms with E-state index in [9.17, 15) is 19.5 Å². The Labute approximate surface area is 152 Å². The minimum atomic E-state index is -1.12. The van der Waals surface area contributed by atoms with E-state index in [0.29, 0.717) is 12.1 Å². The van der Waals surface area contributed by atoms with E-state index in [1.54, 1.807) is 19.9 Å². The monoisotopic (exact) mass is 368 g/mol. The summed E-state index contributed by atoms with van der Waals surface area (Å²) in [4.78, 5) is 35.6. The molecule has 25 heavy (non-hydrogen) atoms. The van der Waals surface area contributed by atoms with Gasteiger partial charge in [-0.2, -0.15) is 0 Å². The number of carboxylic acid groups (broad SMARTS) is 1. The fourth-order valence-electron chi connectivity index (χ4n) is 2.20. The van der Waals surface area contributed by atoms with Crippen LogP contribution in [0, 0.1) is 11.3 Å². The molecule has 1 atom stereocenters. The zero-order valence-electron chi connectivity index (χ0n) is 15.1. The number of carbonyl (C=O) groups is 3. The molecule has 0 aromatic heterocycles. The SMILES string of the molecule is CC(C)[C@H](NC(=O)c1cc(NC(=O)CC(C)(C)C)ccc1Cl)C(=O)O. The van der Waals surface area contributed by atoms with Gasteiger partial charge in [-0.15, -0.1) is 0 Å². The van der Waals surface area contributed by atoms with Crippen LogP contribution in [0.1, 0.15) is 51.4 Å². The van der Waals surface area contributed by atoms with Crippen LogP contribution in [-0.4, -0.2) is 28.9 Å². The molecular weight excluding hydrogens is 344 g/mol. The highest BCUT2D eigenvalue weighted by molar-refractivity contribution is 6.34. The van der Waals surface area contributed by atoms with Crippen LogP contribution >= 0.6 is 11.6 Å². The predicted octanol–water partition coefficient (Wildman–Crippen LogP) is 3.55. The molecule has 0 bridgehead atoms. The Morgan fingerprint density at radius 2 is 1.80 bits per heavy atom. The summed E-state index contributed by atoms with van der Waals surface area (Å²) in [7, 11) is 0. The molecule has 0 saturated heterocycles. The molecule has 2 amide bonds. The quantitative estimate of drug-likeness (QED) is 0.715. The number of hydrogen-bond donors (Lipinski definition) is 3. The number of nitrogens with one attached hydrogen (secondary N) is 2. The van der Waals surface area contributed by atoms with Crippen molar-refractivity contribution in [2.45, 2.75) is 47.1 Å². The van der Waals surface area contributed by atoms with Gasteiger partial charge in [0.25, 0.3) is 5.91 Å². The van der Waals surface area contributed by atoms with E-state index < -0.39 is 17.9 Å². The molecule has 0 aliphatic heterocycles. The molecule has 0 radical (unpaired) electrons. The molecule has 0 unspecified atom stereocenters. The fraction of sp³-hybridized carbons (Fsp3) is 0.500. The summed E-state index contributed by atoms with van der Waals surface area (Å²) in [5.41, 5.74) is 0.380. The summed E-state index contributed by atoms with van der Waals surface area (Å²) in [6.07, 6.45) is 0.325. The van der Waals surface area contributed by atoms with Crippen molar-refractivity contribution in [3.05, 3.63) is 28.8 Å². The van der Waals surface area contributed by atoms with Gasteiger partial charge in [-0.25, -0.2) is 4.79 Å². The second-order valence-corrected chi connectivity index (χ2v) is 7.92. The Balaban J connectivity index is 2.95. The zero-order valence-corrected chi connectivity index (χ0v) is 15.9. The number of anilines is 1. The highest BCUT2D eigenvalue weighted by atomic mass is 35.5. The van der Waals surface area contributed by atoms with E-state index in [4.69, 9.17) is 11.6 Å². The van der Waals surface area contributed by atoms with Crippen LogP contribution in [0.4, 0.5) is 5.69 Å². The van der Waals surface area contributed by atoms with Gasteiger partial charge >= 0.3 is 5.97 Å². The van der Waals surface area contributed by atoms with Crippen molar-refractivity contribution in [3.8, 4) is 0 Å². The van der Waals surface area contributed by atoms with Gasteiger partial charge in [0.05, 0.1) is 10.6 Å². The summed E-state index contributed by atoms with van der Waals surface area (Å²) in [6, 6.07) is 3.51. The second-order valence-electron chi connectivity index (χ2n) is 7.51. The fourth-order valence-corrected chi connectivity index (χ4v) is 2.40. The third kappa shape index (κ3) is 6.74. The number of carbonyl (C=O) groups excluding carboxylic acids is 2. The lowest BCUT2D eigenvalue weighted by Gasteiger charge is -2.19. The molecule has 0 aliphatic carbocycles. The largest absolute Gasteiger partial charge is 0.480 e. The first kappa shape index (κ1) is 21.0. The van der Waals surface area contributed by atoms with Crippen LogP contribution in [0.2, 0.25) is 5.02 Å². The molecule has 1 rings (SSSR count). The Bertz CT molecular complexity index is 666. The lowest BCUT2D eigenvalue weighted by Crippen LogP contribution is -2.44. The summed E-state index contributed by atoms with van der Waals surface area (Å²) in [5.74, 6) is -2.17. The van der Waals surface area contributed by atoms with Gasteiger partial charge in [-0.05, 0) is 29.5 Å². The molecule has 1 aromatic rings. The standard InChI is InChI=1S/C18H25ClN2O4/c1-10(2)15(17(24)25)21-16(23)12-8-11(6-7-13(12)19)20-14(22)9-18(3,4)5/h6-8,10,15H,9H2,1-5H3,(H,20,22)(H,21,23)(H,24,25)/t15-/m0/s1. The second kappa shape index (κ2) is 8.34. The van der Waals surface area contributed by atoms with E-state index in [-0.39, 0.29) is 27.8 Å². The van der Waals surface area contributed by atoms with Crippen LogP contribution in [0.5, 0.6) is 0 Å². The first-order valence-electron chi connectivity index (χ1n) is 8.04. The molecule has 0 fully saturated rings. The molecule has 3 N–H and O–H groups in total. The van der Waals surface area contributed by atoms with Gasteiger partial charge in [0, 0.05) is 12.1 Å². The van der Waals surface area contributed by atoms with Gasteiger partial charge in [-0.3, -0.25) is 9.59 Å².